The third-order valence-electron chi connectivity index (χ3n) is 2.99. The zero-order chi connectivity index (χ0) is 14.9. The summed E-state index contributed by atoms with van der Waals surface area (Å²) in [7, 11) is 0. The van der Waals surface area contributed by atoms with E-state index < -0.39 is 0 Å². The number of benzene rings is 1. The van der Waals surface area contributed by atoms with Gasteiger partial charge in [0.2, 0.25) is 0 Å². The van der Waals surface area contributed by atoms with Crippen LogP contribution >= 0.6 is 43.5 Å². The number of hydrogen-bond donors (Lipinski definition) is 2. The third kappa shape index (κ3) is 3.09. The molecule has 1 aromatic heterocycles. The van der Waals surface area contributed by atoms with Crippen LogP contribution in [0.15, 0.2) is 33.3 Å². The van der Waals surface area contributed by atoms with Crippen LogP contribution < -0.4 is 11.3 Å². The molecular formula is C13H15Br2ClN4. The lowest BCUT2D eigenvalue weighted by atomic mass is 10.0. The van der Waals surface area contributed by atoms with Gasteiger partial charge in [-0.15, -0.1) is 0 Å². The Morgan fingerprint density at radius 1 is 1.35 bits per heavy atom. The fourth-order valence-electron chi connectivity index (χ4n) is 2.08. The standard InChI is InChI=1S/C13H15Br2ClN4/c1-7(2)20-13(11(16)6-18-20)12(19-17)9-5-8(14)3-4-10(9)15/h3-7,12,19H,17H2,1-2H3. The van der Waals surface area contributed by atoms with Crippen LogP contribution in [0.1, 0.15) is 37.2 Å². The summed E-state index contributed by atoms with van der Waals surface area (Å²) in [6.07, 6.45) is 1.65. The van der Waals surface area contributed by atoms with Crippen molar-refractivity contribution in [1.82, 2.24) is 15.2 Å². The molecule has 0 saturated carbocycles. The lowest BCUT2D eigenvalue weighted by Gasteiger charge is -2.22. The van der Waals surface area contributed by atoms with Gasteiger partial charge in [0.25, 0.3) is 0 Å². The molecule has 0 bridgehead atoms. The Bertz CT molecular complexity index is 612. The molecule has 1 heterocycles. The SMILES string of the molecule is CC(C)n1ncc(Cl)c1C(NN)c1cc(Br)ccc1Br. The van der Waals surface area contributed by atoms with Crippen LogP contribution in [0.2, 0.25) is 5.02 Å². The highest BCUT2D eigenvalue weighted by Gasteiger charge is 2.24. The number of halogens is 3. The molecular weight excluding hydrogens is 407 g/mol. The fraction of sp³-hybridized carbons (Fsp3) is 0.308. The first kappa shape index (κ1) is 16.0. The number of nitrogens with one attached hydrogen (secondary N) is 1. The summed E-state index contributed by atoms with van der Waals surface area (Å²) in [4.78, 5) is 0. The van der Waals surface area contributed by atoms with Crippen molar-refractivity contribution < 1.29 is 0 Å². The van der Waals surface area contributed by atoms with Crippen LogP contribution in [0.5, 0.6) is 0 Å². The van der Waals surface area contributed by atoms with Crippen LogP contribution in [0.25, 0.3) is 0 Å². The summed E-state index contributed by atoms with van der Waals surface area (Å²) >= 11 is 13.3. The molecule has 0 radical (unpaired) electrons. The van der Waals surface area contributed by atoms with Gasteiger partial charge in [0.05, 0.1) is 23.0 Å². The van der Waals surface area contributed by atoms with Crippen LogP contribution in [-0.4, -0.2) is 9.78 Å². The van der Waals surface area contributed by atoms with Gasteiger partial charge in [-0.3, -0.25) is 10.5 Å². The molecule has 1 aromatic carbocycles. The number of nitrogens with two attached hydrogens (primary N) is 1. The maximum Gasteiger partial charge on any atom is 0.0904 e. The van der Waals surface area contributed by atoms with E-state index in [1.807, 2.05) is 22.9 Å². The smallest absolute Gasteiger partial charge is 0.0904 e. The molecule has 7 heteroatoms. The molecule has 108 valence electrons. The molecule has 0 saturated heterocycles. The second kappa shape index (κ2) is 6.58. The van der Waals surface area contributed by atoms with Crippen molar-refractivity contribution in [2.75, 3.05) is 0 Å². The highest BCUT2D eigenvalue weighted by atomic mass is 79.9. The van der Waals surface area contributed by atoms with Gasteiger partial charge in [-0.05, 0) is 37.6 Å². The van der Waals surface area contributed by atoms with E-state index in [4.69, 9.17) is 17.4 Å². The van der Waals surface area contributed by atoms with Crippen LogP contribution in [0.3, 0.4) is 0 Å². The molecule has 1 unspecified atom stereocenters. The first-order valence-electron chi connectivity index (χ1n) is 6.09. The van der Waals surface area contributed by atoms with Gasteiger partial charge in [0.15, 0.2) is 0 Å². The van der Waals surface area contributed by atoms with E-state index in [0.717, 1.165) is 20.2 Å². The average Bonchev–Trinajstić information content (AvgIpc) is 2.77. The molecule has 2 aromatic rings. The Morgan fingerprint density at radius 2 is 2.05 bits per heavy atom. The summed E-state index contributed by atoms with van der Waals surface area (Å²) in [5.41, 5.74) is 4.67. The number of nitrogens with zero attached hydrogens (tertiary/aromatic N) is 2. The average molecular weight is 423 g/mol. The lowest BCUT2D eigenvalue weighted by Crippen LogP contribution is -2.31. The second-order valence-electron chi connectivity index (χ2n) is 4.68. The van der Waals surface area contributed by atoms with E-state index in [9.17, 15) is 0 Å². The molecule has 2 rings (SSSR count). The Hall–Kier alpha value is -0.400. The van der Waals surface area contributed by atoms with E-state index >= 15 is 0 Å². The van der Waals surface area contributed by atoms with Crippen LogP contribution in [-0.2, 0) is 0 Å². The maximum atomic E-state index is 6.30. The van der Waals surface area contributed by atoms with E-state index in [1.54, 1.807) is 6.20 Å². The summed E-state index contributed by atoms with van der Waals surface area (Å²) in [5.74, 6) is 5.77. The minimum absolute atomic E-state index is 0.194. The molecule has 0 amide bonds. The van der Waals surface area contributed by atoms with Crippen LogP contribution in [0, 0.1) is 0 Å². The zero-order valence-electron chi connectivity index (χ0n) is 11.1. The number of hydrogen-bond acceptors (Lipinski definition) is 3. The fourth-order valence-corrected chi connectivity index (χ4v) is 3.18. The van der Waals surface area contributed by atoms with Gasteiger partial charge in [-0.2, -0.15) is 5.10 Å². The molecule has 20 heavy (non-hydrogen) atoms. The van der Waals surface area contributed by atoms with Crippen molar-refractivity contribution in [2.24, 2.45) is 5.84 Å². The second-order valence-corrected chi connectivity index (χ2v) is 6.86. The Kier molecular flexibility index (Phi) is 5.25. The van der Waals surface area contributed by atoms with Crippen molar-refractivity contribution in [2.45, 2.75) is 25.9 Å². The Balaban J connectivity index is 2.58. The minimum Gasteiger partial charge on any atom is -0.271 e. The predicted octanol–water partition coefficient (Wildman–Crippen LogP) is 4.20. The Labute approximate surface area is 139 Å². The van der Waals surface area contributed by atoms with Crippen molar-refractivity contribution in [3.63, 3.8) is 0 Å². The van der Waals surface area contributed by atoms with Gasteiger partial charge in [0, 0.05) is 15.0 Å². The van der Waals surface area contributed by atoms with Gasteiger partial charge in [-0.1, -0.05) is 43.5 Å². The first-order chi connectivity index (χ1) is 9.45. The zero-order valence-corrected chi connectivity index (χ0v) is 15.0. The molecule has 0 aliphatic heterocycles. The van der Waals surface area contributed by atoms with Crippen molar-refractivity contribution in [1.29, 1.82) is 0 Å². The van der Waals surface area contributed by atoms with E-state index in [2.05, 4.69) is 56.2 Å². The molecule has 3 N–H and O–H groups in total. The summed E-state index contributed by atoms with van der Waals surface area (Å²) in [6.45, 7) is 4.10. The van der Waals surface area contributed by atoms with Crippen molar-refractivity contribution in [3.05, 3.63) is 49.6 Å². The summed E-state index contributed by atoms with van der Waals surface area (Å²) in [5, 5.41) is 4.92. The highest BCUT2D eigenvalue weighted by molar-refractivity contribution is 9.11. The maximum absolute atomic E-state index is 6.30. The van der Waals surface area contributed by atoms with E-state index in [-0.39, 0.29) is 12.1 Å². The number of aromatic nitrogens is 2. The normalized spacial score (nSPS) is 12.9. The molecule has 0 aliphatic carbocycles. The van der Waals surface area contributed by atoms with E-state index in [1.165, 1.54) is 0 Å². The summed E-state index contributed by atoms with van der Waals surface area (Å²) in [6, 6.07) is 5.87. The van der Waals surface area contributed by atoms with E-state index in [0.29, 0.717) is 5.02 Å². The molecule has 4 nitrogen and oxygen atoms in total. The Morgan fingerprint density at radius 3 is 2.65 bits per heavy atom. The molecule has 0 spiro atoms. The molecule has 0 aliphatic rings. The topological polar surface area (TPSA) is 55.9 Å². The number of hydrazine groups is 1. The minimum atomic E-state index is -0.251. The first-order valence-corrected chi connectivity index (χ1v) is 8.06. The largest absolute Gasteiger partial charge is 0.271 e. The molecule has 0 fully saturated rings. The van der Waals surface area contributed by atoms with Crippen LogP contribution in [0.4, 0.5) is 0 Å². The molecule has 1 atom stereocenters. The third-order valence-corrected chi connectivity index (χ3v) is 4.49. The van der Waals surface area contributed by atoms with Gasteiger partial charge >= 0.3 is 0 Å². The van der Waals surface area contributed by atoms with Crippen molar-refractivity contribution >= 4 is 43.5 Å². The quantitative estimate of drug-likeness (QED) is 0.574. The van der Waals surface area contributed by atoms with Gasteiger partial charge < -0.3 is 0 Å². The highest BCUT2D eigenvalue weighted by Crippen LogP contribution is 2.34. The number of rotatable bonds is 4. The van der Waals surface area contributed by atoms with Gasteiger partial charge in [0.1, 0.15) is 0 Å². The predicted molar refractivity (Wildman–Crippen MR) is 88.6 cm³/mol. The van der Waals surface area contributed by atoms with Gasteiger partial charge in [-0.25, -0.2) is 5.43 Å². The summed E-state index contributed by atoms with van der Waals surface area (Å²) < 4.78 is 3.80. The lowest BCUT2D eigenvalue weighted by molar-refractivity contribution is 0.476. The van der Waals surface area contributed by atoms with Crippen molar-refractivity contribution in [3.8, 4) is 0 Å². The monoisotopic (exact) mass is 420 g/mol.